The number of nitrogens with one attached hydrogen (secondary N) is 1. The summed E-state index contributed by atoms with van der Waals surface area (Å²) in [6.07, 6.45) is 5.89. The second-order valence-corrected chi connectivity index (χ2v) is 5.00. The van der Waals surface area contributed by atoms with E-state index in [1.54, 1.807) is 7.11 Å². The van der Waals surface area contributed by atoms with Crippen molar-refractivity contribution in [3.63, 3.8) is 0 Å². The Labute approximate surface area is 123 Å². The van der Waals surface area contributed by atoms with Crippen LogP contribution in [0.25, 0.3) is 0 Å². The van der Waals surface area contributed by atoms with Gasteiger partial charge in [0.25, 0.3) is 0 Å². The van der Waals surface area contributed by atoms with Crippen molar-refractivity contribution in [3.05, 3.63) is 29.8 Å². The zero-order valence-electron chi connectivity index (χ0n) is 13.0. The molecule has 0 unspecified atom stereocenters. The summed E-state index contributed by atoms with van der Waals surface area (Å²) >= 11 is 0. The summed E-state index contributed by atoms with van der Waals surface area (Å²) in [6.45, 7) is 5.95. The molecule has 0 amide bonds. The molecule has 1 rings (SSSR count). The van der Waals surface area contributed by atoms with Crippen LogP contribution in [0.5, 0.6) is 5.75 Å². The fourth-order valence-electron chi connectivity index (χ4n) is 2.04. The highest BCUT2D eigenvalue weighted by atomic mass is 16.5. The van der Waals surface area contributed by atoms with Gasteiger partial charge in [-0.1, -0.05) is 31.9 Å². The molecule has 1 aromatic rings. The molecule has 0 saturated carbocycles. The van der Waals surface area contributed by atoms with Crippen molar-refractivity contribution in [1.29, 1.82) is 0 Å². The molecule has 0 heterocycles. The summed E-state index contributed by atoms with van der Waals surface area (Å²) in [6, 6.07) is 8.34. The first-order chi connectivity index (χ1) is 9.86. The lowest BCUT2D eigenvalue weighted by atomic mass is 10.1. The third kappa shape index (κ3) is 8.18. The number of hydrogen-bond donors (Lipinski definition) is 1. The SMILES string of the molecule is CCNCCCCCCOc1ccc(CCOC)cc1. The van der Waals surface area contributed by atoms with Crippen LogP contribution in [0.3, 0.4) is 0 Å². The minimum Gasteiger partial charge on any atom is -0.494 e. The molecule has 0 bridgehead atoms. The lowest BCUT2D eigenvalue weighted by molar-refractivity contribution is 0.202. The Bertz CT molecular complexity index is 324. The molecule has 1 aromatic carbocycles. The Kier molecular flexibility index (Phi) is 9.98. The predicted octanol–water partition coefficient (Wildman–Crippen LogP) is 3.42. The average Bonchev–Trinajstić information content (AvgIpc) is 2.49. The normalized spacial score (nSPS) is 10.7. The summed E-state index contributed by atoms with van der Waals surface area (Å²) in [7, 11) is 1.73. The van der Waals surface area contributed by atoms with Crippen molar-refractivity contribution in [2.45, 2.75) is 39.0 Å². The smallest absolute Gasteiger partial charge is 0.119 e. The van der Waals surface area contributed by atoms with Gasteiger partial charge in [-0.25, -0.2) is 0 Å². The number of rotatable bonds is 12. The van der Waals surface area contributed by atoms with Gasteiger partial charge in [0, 0.05) is 7.11 Å². The second kappa shape index (κ2) is 11.7. The quantitative estimate of drug-likeness (QED) is 0.595. The van der Waals surface area contributed by atoms with Gasteiger partial charge in [0.1, 0.15) is 5.75 Å². The molecule has 1 N–H and O–H groups in total. The Morgan fingerprint density at radius 2 is 1.70 bits per heavy atom. The van der Waals surface area contributed by atoms with Crippen LogP contribution in [0.1, 0.15) is 38.2 Å². The summed E-state index contributed by atoms with van der Waals surface area (Å²) in [5.41, 5.74) is 1.29. The molecule has 114 valence electrons. The van der Waals surface area contributed by atoms with E-state index in [2.05, 4.69) is 36.5 Å². The van der Waals surface area contributed by atoms with Crippen molar-refractivity contribution in [1.82, 2.24) is 5.32 Å². The Balaban J connectivity index is 2.04. The molecule has 0 aromatic heterocycles. The van der Waals surface area contributed by atoms with E-state index in [-0.39, 0.29) is 0 Å². The van der Waals surface area contributed by atoms with E-state index < -0.39 is 0 Å². The van der Waals surface area contributed by atoms with Crippen molar-refractivity contribution in [2.75, 3.05) is 33.4 Å². The first-order valence-electron chi connectivity index (χ1n) is 7.78. The lowest BCUT2D eigenvalue weighted by Crippen LogP contribution is -2.13. The minimum absolute atomic E-state index is 0.771. The largest absolute Gasteiger partial charge is 0.494 e. The van der Waals surface area contributed by atoms with Crippen LogP contribution in [0, 0.1) is 0 Å². The molecule has 20 heavy (non-hydrogen) atoms. The number of unbranched alkanes of at least 4 members (excludes halogenated alkanes) is 3. The fourth-order valence-corrected chi connectivity index (χ4v) is 2.04. The van der Waals surface area contributed by atoms with Crippen LogP contribution < -0.4 is 10.1 Å². The van der Waals surface area contributed by atoms with Gasteiger partial charge in [0.05, 0.1) is 13.2 Å². The maximum atomic E-state index is 5.75. The van der Waals surface area contributed by atoms with Gasteiger partial charge >= 0.3 is 0 Å². The molecular formula is C17H29NO2. The Morgan fingerprint density at radius 1 is 0.950 bits per heavy atom. The van der Waals surface area contributed by atoms with E-state index >= 15 is 0 Å². The van der Waals surface area contributed by atoms with Crippen LogP contribution in [-0.2, 0) is 11.2 Å². The van der Waals surface area contributed by atoms with E-state index in [1.165, 1.54) is 24.8 Å². The van der Waals surface area contributed by atoms with Gasteiger partial charge in [0.2, 0.25) is 0 Å². The van der Waals surface area contributed by atoms with Crippen LogP contribution in [0.15, 0.2) is 24.3 Å². The van der Waals surface area contributed by atoms with E-state index in [9.17, 15) is 0 Å². The highest BCUT2D eigenvalue weighted by Gasteiger charge is 1.96. The van der Waals surface area contributed by atoms with Gasteiger partial charge in [-0.05, 0) is 50.0 Å². The number of ether oxygens (including phenoxy) is 2. The minimum atomic E-state index is 0.771. The molecule has 0 aliphatic rings. The average molecular weight is 279 g/mol. The van der Waals surface area contributed by atoms with Crippen molar-refractivity contribution >= 4 is 0 Å². The van der Waals surface area contributed by atoms with Gasteiger partial charge in [-0.15, -0.1) is 0 Å². The molecule has 0 atom stereocenters. The van der Waals surface area contributed by atoms with E-state index in [0.717, 1.165) is 44.9 Å². The predicted molar refractivity (Wildman–Crippen MR) is 84.5 cm³/mol. The van der Waals surface area contributed by atoms with Gasteiger partial charge in [-0.2, -0.15) is 0 Å². The van der Waals surface area contributed by atoms with Crippen LogP contribution in [0.2, 0.25) is 0 Å². The van der Waals surface area contributed by atoms with E-state index in [0.29, 0.717) is 0 Å². The van der Waals surface area contributed by atoms with Crippen molar-refractivity contribution in [2.24, 2.45) is 0 Å². The summed E-state index contributed by atoms with van der Waals surface area (Å²) < 4.78 is 10.8. The molecule has 3 heteroatoms. The first kappa shape index (κ1) is 17.0. The molecule has 3 nitrogen and oxygen atoms in total. The third-order valence-corrected chi connectivity index (χ3v) is 3.28. The Morgan fingerprint density at radius 3 is 2.40 bits per heavy atom. The van der Waals surface area contributed by atoms with Crippen molar-refractivity contribution < 1.29 is 9.47 Å². The first-order valence-corrected chi connectivity index (χ1v) is 7.78. The van der Waals surface area contributed by atoms with E-state index in [4.69, 9.17) is 9.47 Å². The Hall–Kier alpha value is -1.06. The molecule has 0 radical (unpaired) electrons. The topological polar surface area (TPSA) is 30.5 Å². The standard InChI is InChI=1S/C17H29NO2/c1-3-18-13-6-4-5-7-14-20-17-10-8-16(9-11-17)12-15-19-2/h8-11,18H,3-7,12-15H2,1-2H3. The second-order valence-electron chi connectivity index (χ2n) is 5.00. The number of hydrogen-bond acceptors (Lipinski definition) is 3. The number of methoxy groups -OCH3 is 1. The monoisotopic (exact) mass is 279 g/mol. The van der Waals surface area contributed by atoms with E-state index in [1.807, 2.05) is 0 Å². The van der Waals surface area contributed by atoms with Crippen LogP contribution in [0.4, 0.5) is 0 Å². The molecule has 0 fully saturated rings. The zero-order valence-corrected chi connectivity index (χ0v) is 13.0. The maximum absolute atomic E-state index is 5.75. The highest BCUT2D eigenvalue weighted by Crippen LogP contribution is 2.13. The van der Waals surface area contributed by atoms with Gasteiger partial charge in [0.15, 0.2) is 0 Å². The number of benzene rings is 1. The van der Waals surface area contributed by atoms with Gasteiger partial charge < -0.3 is 14.8 Å². The summed E-state index contributed by atoms with van der Waals surface area (Å²) in [5.74, 6) is 0.971. The van der Waals surface area contributed by atoms with Gasteiger partial charge in [-0.3, -0.25) is 0 Å². The maximum Gasteiger partial charge on any atom is 0.119 e. The summed E-state index contributed by atoms with van der Waals surface area (Å²) in [5, 5.41) is 3.34. The molecule has 0 aliphatic carbocycles. The fraction of sp³-hybridized carbons (Fsp3) is 0.647. The lowest BCUT2D eigenvalue weighted by Gasteiger charge is -2.07. The molecule has 0 aliphatic heterocycles. The van der Waals surface area contributed by atoms with Crippen LogP contribution >= 0.6 is 0 Å². The third-order valence-electron chi connectivity index (χ3n) is 3.28. The highest BCUT2D eigenvalue weighted by molar-refractivity contribution is 5.27. The zero-order chi connectivity index (χ0) is 14.5. The molecule has 0 spiro atoms. The van der Waals surface area contributed by atoms with Crippen molar-refractivity contribution in [3.8, 4) is 5.75 Å². The summed E-state index contributed by atoms with van der Waals surface area (Å²) in [4.78, 5) is 0. The molecule has 0 saturated heterocycles. The van der Waals surface area contributed by atoms with Crippen LogP contribution in [-0.4, -0.2) is 33.4 Å². The molecular weight excluding hydrogens is 250 g/mol.